The number of imidazole rings is 1. The van der Waals surface area contributed by atoms with Crippen molar-refractivity contribution in [2.75, 3.05) is 5.73 Å². The Hall–Kier alpha value is -2.81. The summed E-state index contributed by atoms with van der Waals surface area (Å²) in [5.74, 6) is 0.960. The number of nitrogen functional groups attached to an aromatic ring is 1. The molecule has 3 nitrogen and oxygen atoms in total. The van der Waals surface area contributed by atoms with Crippen LogP contribution in [-0.2, 0) is 7.05 Å². The van der Waals surface area contributed by atoms with Crippen molar-refractivity contribution in [3.05, 3.63) is 60.7 Å². The number of aryl methyl sites for hydroxylation is 1. The molecule has 0 saturated carbocycles. The SMILES string of the molecule is Cn1c(-c2ccc(N)cc2)nc2c3ccccc3ccc21. The van der Waals surface area contributed by atoms with E-state index in [-0.39, 0.29) is 0 Å². The number of fused-ring (bicyclic) bond motifs is 3. The van der Waals surface area contributed by atoms with Crippen molar-refractivity contribution >= 4 is 27.5 Å². The molecule has 0 amide bonds. The Morgan fingerprint density at radius 1 is 0.905 bits per heavy atom. The molecule has 3 heteroatoms. The van der Waals surface area contributed by atoms with Gasteiger partial charge in [0.05, 0.1) is 11.0 Å². The Kier molecular flexibility index (Phi) is 2.48. The number of aromatic nitrogens is 2. The zero-order valence-corrected chi connectivity index (χ0v) is 11.7. The van der Waals surface area contributed by atoms with Gasteiger partial charge in [-0.05, 0) is 35.7 Å². The summed E-state index contributed by atoms with van der Waals surface area (Å²) < 4.78 is 2.13. The lowest BCUT2D eigenvalue weighted by Crippen LogP contribution is -1.92. The molecule has 3 aromatic carbocycles. The molecule has 2 N–H and O–H groups in total. The van der Waals surface area contributed by atoms with Gasteiger partial charge in [0.15, 0.2) is 0 Å². The molecule has 0 aliphatic carbocycles. The normalized spacial score (nSPS) is 11.3. The minimum Gasteiger partial charge on any atom is -0.399 e. The second kappa shape index (κ2) is 4.35. The van der Waals surface area contributed by atoms with Crippen molar-refractivity contribution < 1.29 is 0 Å². The summed E-state index contributed by atoms with van der Waals surface area (Å²) >= 11 is 0. The highest BCUT2D eigenvalue weighted by atomic mass is 15.1. The van der Waals surface area contributed by atoms with Gasteiger partial charge in [0, 0.05) is 23.7 Å². The summed E-state index contributed by atoms with van der Waals surface area (Å²) in [5.41, 5.74) is 9.79. The molecule has 1 heterocycles. The van der Waals surface area contributed by atoms with Crippen LogP contribution < -0.4 is 5.73 Å². The molecule has 0 fully saturated rings. The molecule has 0 aliphatic heterocycles. The highest BCUT2D eigenvalue weighted by molar-refractivity contribution is 6.05. The minimum atomic E-state index is 0.767. The van der Waals surface area contributed by atoms with E-state index in [0.717, 1.165) is 28.1 Å². The molecule has 4 rings (SSSR count). The van der Waals surface area contributed by atoms with Crippen molar-refractivity contribution in [3.63, 3.8) is 0 Å². The lowest BCUT2D eigenvalue weighted by atomic mass is 10.1. The first kappa shape index (κ1) is 12.0. The van der Waals surface area contributed by atoms with E-state index in [4.69, 9.17) is 10.7 Å². The maximum atomic E-state index is 5.77. The van der Waals surface area contributed by atoms with Gasteiger partial charge < -0.3 is 10.3 Å². The van der Waals surface area contributed by atoms with Crippen LogP contribution in [0.5, 0.6) is 0 Å². The summed E-state index contributed by atoms with van der Waals surface area (Å²) in [5, 5.41) is 2.40. The fraction of sp³-hybridized carbons (Fsp3) is 0.0556. The van der Waals surface area contributed by atoms with E-state index < -0.39 is 0 Å². The first-order chi connectivity index (χ1) is 10.2. The van der Waals surface area contributed by atoms with E-state index >= 15 is 0 Å². The van der Waals surface area contributed by atoms with Crippen molar-refractivity contribution in [1.82, 2.24) is 9.55 Å². The van der Waals surface area contributed by atoms with Gasteiger partial charge in [0.2, 0.25) is 0 Å². The Bertz CT molecular complexity index is 949. The molecule has 0 bridgehead atoms. The van der Waals surface area contributed by atoms with Gasteiger partial charge >= 0.3 is 0 Å². The highest BCUT2D eigenvalue weighted by Gasteiger charge is 2.11. The smallest absolute Gasteiger partial charge is 0.140 e. The second-order valence-corrected chi connectivity index (χ2v) is 5.27. The maximum Gasteiger partial charge on any atom is 0.140 e. The number of nitrogens with zero attached hydrogens (tertiary/aromatic N) is 2. The number of rotatable bonds is 1. The van der Waals surface area contributed by atoms with Crippen LogP contribution in [0.15, 0.2) is 60.7 Å². The van der Waals surface area contributed by atoms with E-state index in [1.807, 2.05) is 24.3 Å². The third kappa shape index (κ3) is 1.78. The predicted octanol–water partition coefficient (Wildman–Crippen LogP) is 3.98. The molecule has 0 atom stereocenters. The molecular weight excluding hydrogens is 258 g/mol. The summed E-state index contributed by atoms with van der Waals surface area (Å²) in [4.78, 5) is 4.86. The topological polar surface area (TPSA) is 43.8 Å². The molecule has 0 unspecified atom stereocenters. The molecule has 0 aliphatic rings. The predicted molar refractivity (Wildman–Crippen MR) is 88.1 cm³/mol. The molecule has 1 aromatic heterocycles. The van der Waals surface area contributed by atoms with Crippen LogP contribution in [-0.4, -0.2) is 9.55 Å². The number of hydrogen-bond acceptors (Lipinski definition) is 2. The summed E-state index contributed by atoms with van der Waals surface area (Å²) in [6, 6.07) is 20.5. The van der Waals surface area contributed by atoms with Crippen LogP contribution in [0.2, 0.25) is 0 Å². The van der Waals surface area contributed by atoms with E-state index in [2.05, 4.69) is 48.0 Å². The Morgan fingerprint density at radius 3 is 2.48 bits per heavy atom. The zero-order chi connectivity index (χ0) is 14.4. The molecule has 21 heavy (non-hydrogen) atoms. The van der Waals surface area contributed by atoms with E-state index in [9.17, 15) is 0 Å². The lowest BCUT2D eigenvalue weighted by molar-refractivity contribution is 0.959. The van der Waals surface area contributed by atoms with Gasteiger partial charge in [-0.1, -0.05) is 30.3 Å². The van der Waals surface area contributed by atoms with Crippen LogP contribution in [0.1, 0.15) is 0 Å². The first-order valence-electron chi connectivity index (χ1n) is 6.94. The molecule has 102 valence electrons. The number of nitrogens with two attached hydrogens (primary N) is 1. The minimum absolute atomic E-state index is 0.767. The second-order valence-electron chi connectivity index (χ2n) is 5.27. The number of hydrogen-bond donors (Lipinski definition) is 1. The van der Waals surface area contributed by atoms with Crippen LogP contribution >= 0.6 is 0 Å². The van der Waals surface area contributed by atoms with Gasteiger partial charge in [0.25, 0.3) is 0 Å². The van der Waals surface area contributed by atoms with Gasteiger partial charge in [-0.15, -0.1) is 0 Å². The van der Waals surface area contributed by atoms with Crippen LogP contribution in [0.4, 0.5) is 5.69 Å². The first-order valence-corrected chi connectivity index (χ1v) is 6.94. The van der Waals surface area contributed by atoms with Crippen molar-refractivity contribution in [2.24, 2.45) is 7.05 Å². The molecule has 4 aromatic rings. The largest absolute Gasteiger partial charge is 0.399 e. The molecule has 0 spiro atoms. The lowest BCUT2D eigenvalue weighted by Gasteiger charge is -2.03. The van der Waals surface area contributed by atoms with Crippen molar-refractivity contribution in [2.45, 2.75) is 0 Å². The third-order valence-corrected chi connectivity index (χ3v) is 3.94. The van der Waals surface area contributed by atoms with Gasteiger partial charge in [-0.2, -0.15) is 0 Å². The Labute approximate surface area is 122 Å². The molecule has 0 saturated heterocycles. The summed E-state index contributed by atoms with van der Waals surface area (Å²) in [6.07, 6.45) is 0. The zero-order valence-electron chi connectivity index (χ0n) is 11.7. The van der Waals surface area contributed by atoms with Crippen molar-refractivity contribution in [3.8, 4) is 11.4 Å². The van der Waals surface area contributed by atoms with E-state index in [0.29, 0.717) is 0 Å². The van der Waals surface area contributed by atoms with E-state index in [1.54, 1.807) is 0 Å². The highest BCUT2D eigenvalue weighted by Crippen LogP contribution is 2.29. The van der Waals surface area contributed by atoms with Crippen LogP contribution in [0, 0.1) is 0 Å². The summed E-state index contributed by atoms with van der Waals surface area (Å²) in [7, 11) is 2.05. The standard InChI is InChI=1S/C18H15N3/c1-21-16-11-8-12-4-2-3-5-15(12)17(16)20-18(21)13-6-9-14(19)10-7-13/h2-11H,19H2,1H3. The Balaban J connectivity index is 2.05. The van der Waals surface area contributed by atoms with Crippen LogP contribution in [0.25, 0.3) is 33.2 Å². The van der Waals surface area contributed by atoms with Crippen LogP contribution in [0.3, 0.4) is 0 Å². The quantitative estimate of drug-likeness (QED) is 0.533. The maximum absolute atomic E-state index is 5.77. The monoisotopic (exact) mass is 273 g/mol. The fourth-order valence-electron chi connectivity index (χ4n) is 2.82. The van der Waals surface area contributed by atoms with Crippen molar-refractivity contribution in [1.29, 1.82) is 0 Å². The number of anilines is 1. The average molecular weight is 273 g/mol. The van der Waals surface area contributed by atoms with Gasteiger partial charge in [-0.3, -0.25) is 0 Å². The van der Waals surface area contributed by atoms with Gasteiger partial charge in [0.1, 0.15) is 5.82 Å². The Morgan fingerprint density at radius 2 is 1.67 bits per heavy atom. The molecular formula is C18H15N3. The van der Waals surface area contributed by atoms with E-state index in [1.165, 1.54) is 10.8 Å². The van der Waals surface area contributed by atoms with Gasteiger partial charge in [-0.25, -0.2) is 4.98 Å². The third-order valence-electron chi connectivity index (χ3n) is 3.94. The number of benzene rings is 3. The average Bonchev–Trinajstić information content (AvgIpc) is 2.86. The summed E-state index contributed by atoms with van der Waals surface area (Å²) in [6.45, 7) is 0. The fourth-order valence-corrected chi connectivity index (χ4v) is 2.82. The molecule has 0 radical (unpaired) electrons.